The van der Waals surface area contributed by atoms with Crippen molar-refractivity contribution in [2.24, 2.45) is 0 Å². The second-order valence-electron chi connectivity index (χ2n) is 8.99. The van der Waals surface area contributed by atoms with E-state index in [2.05, 4.69) is 103 Å². The van der Waals surface area contributed by atoms with Gasteiger partial charge in [-0.1, -0.05) is 84.4 Å². The van der Waals surface area contributed by atoms with Gasteiger partial charge in [-0.15, -0.1) is 13.2 Å². The van der Waals surface area contributed by atoms with E-state index in [0.717, 1.165) is 11.3 Å². The summed E-state index contributed by atoms with van der Waals surface area (Å²) < 4.78 is 2.33. The van der Waals surface area contributed by atoms with Crippen molar-refractivity contribution in [3.8, 4) is 22.4 Å². The molecule has 0 bridgehead atoms. The van der Waals surface area contributed by atoms with Crippen LogP contribution in [0.2, 0.25) is 0 Å². The second kappa shape index (κ2) is 10.7. The summed E-state index contributed by atoms with van der Waals surface area (Å²) >= 11 is 0. The van der Waals surface area contributed by atoms with Crippen LogP contribution in [0.5, 0.6) is 0 Å². The lowest BCUT2D eigenvalue weighted by atomic mass is 9.97. The number of aliphatic hydroxyl groups excluding tert-OH is 1. The predicted octanol–water partition coefficient (Wildman–Crippen LogP) is 6.63. The number of aromatic nitrogens is 1. The van der Waals surface area contributed by atoms with E-state index in [1.54, 1.807) is 0 Å². The molecule has 0 saturated carbocycles. The Kier molecular flexibility index (Phi) is 7.46. The molecule has 0 fully saturated rings. The van der Waals surface area contributed by atoms with Gasteiger partial charge in [-0.2, -0.15) is 0 Å². The van der Waals surface area contributed by atoms with E-state index in [4.69, 9.17) is 0 Å². The van der Waals surface area contributed by atoms with E-state index >= 15 is 0 Å². The van der Waals surface area contributed by atoms with Crippen molar-refractivity contribution in [1.29, 1.82) is 0 Å². The van der Waals surface area contributed by atoms with E-state index < -0.39 is 6.10 Å². The van der Waals surface area contributed by atoms with Crippen LogP contribution in [0.1, 0.15) is 11.1 Å². The summed E-state index contributed by atoms with van der Waals surface area (Å²) in [6, 6.07) is 25.6. The molecule has 4 aromatic rings. The largest absolute Gasteiger partial charge is 0.390 e. The molecular formula is C31H34N2O. The lowest BCUT2D eigenvalue weighted by Gasteiger charge is -2.24. The molecule has 3 heteroatoms. The molecule has 3 aromatic carbocycles. The summed E-state index contributed by atoms with van der Waals surface area (Å²) in [5.41, 5.74) is 8.34. The van der Waals surface area contributed by atoms with Gasteiger partial charge in [0.15, 0.2) is 0 Å². The summed E-state index contributed by atoms with van der Waals surface area (Å²) in [6.07, 6.45) is 3.20. The highest BCUT2D eigenvalue weighted by molar-refractivity contribution is 6.06. The fourth-order valence-corrected chi connectivity index (χ4v) is 5.01. The molecule has 0 aliphatic heterocycles. The molecule has 1 heterocycles. The normalized spacial score (nSPS) is 12.2. The standard InChI is InChI=1S/C31H34N2O/c1-5-17-32(18-6-2)21-27(34)22-33-30-24(4)19-23(3)20-28(30)29(25-13-9-7-10-14-25)31(33)26-15-11-8-12-16-26/h5-16,19-20,27,34H,1-2,17-18,21-22H2,3-4H3. The van der Waals surface area contributed by atoms with Crippen LogP contribution in [0, 0.1) is 13.8 Å². The molecule has 0 saturated heterocycles. The summed E-state index contributed by atoms with van der Waals surface area (Å²) in [7, 11) is 0. The van der Waals surface area contributed by atoms with Crippen LogP contribution >= 0.6 is 0 Å². The van der Waals surface area contributed by atoms with Crippen LogP contribution in [0.3, 0.4) is 0 Å². The van der Waals surface area contributed by atoms with Crippen molar-refractivity contribution in [1.82, 2.24) is 9.47 Å². The second-order valence-corrected chi connectivity index (χ2v) is 8.99. The van der Waals surface area contributed by atoms with E-state index in [1.165, 1.54) is 33.2 Å². The van der Waals surface area contributed by atoms with Crippen molar-refractivity contribution in [3.05, 3.63) is 109 Å². The van der Waals surface area contributed by atoms with E-state index in [1.807, 2.05) is 18.2 Å². The first-order valence-electron chi connectivity index (χ1n) is 11.9. The fraction of sp³-hybridized carbons (Fsp3) is 0.226. The number of aliphatic hydroxyl groups is 1. The van der Waals surface area contributed by atoms with Crippen molar-refractivity contribution < 1.29 is 5.11 Å². The van der Waals surface area contributed by atoms with Crippen molar-refractivity contribution in [2.45, 2.75) is 26.5 Å². The SMILES string of the molecule is C=CCN(CC=C)CC(O)Cn1c(-c2ccccc2)c(-c2ccccc2)c2cc(C)cc(C)c21. The molecule has 0 aliphatic rings. The quantitative estimate of drug-likeness (QED) is 0.275. The molecule has 1 aromatic heterocycles. The van der Waals surface area contributed by atoms with Gasteiger partial charge in [0.25, 0.3) is 0 Å². The van der Waals surface area contributed by atoms with E-state index in [-0.39, 0.29) is 0 Å². The summed E-state index contributed by atoms with van der Waals surface area (Å²) in [4.78, 5) is 2.16. The fourth-order valence-electron chi connectivity index (χ4n) is 5.01. The Morgan fingerprint density at radius 2 is 1.47 bits per heavy atom. The lowest BCUT2D eigenvalue weighted by Crippen LogP contribution is -2.35. The number of hydrogen-bond acceptors (Lipinski definition) is 2. The van der Waals surface area contributed by atoms with Gasteiger partial charge >= 0.3 is 0 Å². The molecule has 0 spiro atoms. The van der Waals surface area contributed by atoms with Crippen LogP contribution < -0.4 is 0 Å². The third-order valence-corrected chi connectivity index (χ3v) is 6.24. The molecule has 174 valence electrons. The van der Waals surface area contributed by atoms with Crippen molar-refractivity contribution >= 4 is 10.9 Å². The van der Waals surface area contributed by atoms with Gasteiger partial charge in [-0.3, -0.25) is 4.90 Å². The van der Waals surface area contributed by atoms with Crippen molar-refractivity contribution in [3.63, 3.8) is 0 Å². The average Bonchev–Trinajstić information content (AvgIpc) is 3.14. The number of nitrogens with zero attached hydrogens (tertiary/aromatic N) is 2. The maximum absolute atomic E-state index is 11.3. The molecule has 1 atom stereocenters. The molecule has 34 heavy (non-hydrogen) atoms. The predicted molar refractivity (Wildman–Crippen MR) is 145 cm³/mol. The minimum absolute atomic E-state index is 0.502. The smallest absolute Gasteiger partial charge is 0.0846 e. The highest BCUT2D eigenvalue weighted by Gasteiger charge is 2.23. The summed E-state index contributed by atoms with van der Waals surface area (Å²) in [5.74, 6) is 0. The molecule has 3 nitrogen and oxygen atoms in total. The van der Waals surface area contributed by atoms with Gasteiger partial charge in [0.2, 0.25) is 0 Å². The first-order valence-corrected chi connectivity index (χ1v) is 11.9. The maximum atomic E-state index is 11.3. The van der Waals surface area contributed by atoms with Crippen molar-refractivity contribution in [2.75, 3.05) is 19.6 Å². The average molecular weight is 451 g/mol. The van der Waals surface area contributed by atoms with Gasteiger partial charge in [-0.25, -0.2) is 0 Å². The zero-order valence-corrected chi connectivity index (χ0v) is 20.2. The number of benzene rings is 3. The molecule has 0 amide bonds. The Morgan fingerprint density at radius 3 is 2.06 bits per heavy atom. The third-order valence-electron chi connectivity index (χ3n) is 6.24. The van der Waals surface area contributed by atoms with Gasteiger partial charge in [0.05, 0.1) is 23.9 Å². The topological polar surface area (TPSA) is 28.4 Å². The van der Waals surface area contributed by atoms with Crippen LogP contribution in [-0.4, -0.2) is 40.3 Å². The number of aryl methyl sites for hydroxylation is 2. The minimum atomic E-state index is -0.540. The molecule has 1 N–H and O–H groups in total. The minimum Gasteiger partial charge on any atom is -0.390 e. The monoisotopic (exact) mass is 450 g/mol. The third kappa shape index (κ3) is 4.91. The van der Waals surface area contributed by atoms with Gasteiger partial charge in [0, 0.05) is 30.6 Å². The first-order chi connectivity index (χ1) is 16.5. The number of rotatable bonds is 10. The van der Waals surface area contributed by atoms with Crippen LogP contribution in [0.25, 0.3) is 33.3 Å². The molecule has 0 aliphatic carbocycles. The number of hydrogen-bond donors (Lipinski definition) is 1. The van der Waals surface area contributed by atoms with E-state index in [9.17, 15) is 5.11 Å². The van der Waals surface area contributed by atoms with Gasteiger partial charge in [0.1, 0.15) is 0 Å². The van der Waals surface area contributed by atoms with Crippen LogP contribution in [0.4, 0.5) is 0 Å². The lowest BCUT2D eigenvalue weighted by molar-refractivity contribution is 0.110. The highest BCUT2D eigenvalue weighted by Crippen LogP contribution is 2.42. The Labute approximate surface area is 203 Å². The zero-order chi connectivity index (χ0) is 24.1. The zero-order valence-electron chi connectivity index (χ0n) is 20.2. The van der Waals surface area contributed by atoms with E-state index in [0.29, 0.717) is 26.2 Å². The van der Waals surface area contributed by atoms with Crippen LogP contribution in [0.15, 0.2) is 98.1 Å². The Hall–Kier alpha value is -3.40. The van der Waals surface area contributed by atoms with Gasteiger partial charge < -0.3 is 9.67 Å². The highest BCUT2D eigenvalue weighted by atomic mass is 16.3. The van der Waals surface area contributed by atoms with Crippen LogP contribution in [-0.2, 0) is 6.54 Å². The summed E-state index contributed by atoms with van der Waals surface area (Å²) in [5, 5.41) is 12.5. The Bertz CT molecular complexity index is 1260. The number of fused-ring (bicyclic) bond motifs is 1. The maximum Gasteiger partial charge on any atom is 0.0846 e. The Balaban J connectivity index is 1.93. The molecular weight excluding hydrogens is 416 g/mol. The molecule has 0 radical (unpaired) electrons. The molecule has 1 unspecified atom stereocenters. The molecule has 4 rings (SSSR count). The first kappa shape index (κ1) is 23.7. The van der Waals surface area contributed by atoms with Gasteiger partial charge in [-0.05, 0) is 36.6 Å². The summed E-state index contributed by atoms with van der Waals surface area (Å²) in [6.45, 7) is 14.5. The Morgan fingerprint density at radius 1 is 0.882 bits per heavy atom.